The highest BCUT2D eigenvalue weighted by Gasteiger charge is 2.62. The van der Waals surface area contributed by atoms with Crippen molar-refractivity contribution in [2.24, 2.45) is 46.3 Å². The van der Waals surface area contributed by atoms with Crippen molar-refractivity contribution in [1.29, 1.82) is 0 Å². The van der Waals surface area contributed by atoms with Crippen molar-refractivity contribution in [2.75, 3.05) is 11.9 Å². The maximum Gasteiger partial charge on any atom is 0.223 e. The number of aromatic nitrogens is 2. The summed E-state index contributed by atoms with van der Waals surface area (Å²) in [6, 6.07) is 8.99. The molecular weight excluding hydrogens is 584 g/mol. The van der Waals surface area contributed by atoms with Crippen LogP contribution in [0.3, 0.4) is 0 Å². The standard InChI is InChI=1S/C40H56N4O3/c1-24(31-9-10-32-37-33(13-16-40(31,32)3)39(2)15-12-30(45)20-28(39)21-35(37)46)8-11-36(47)44-17-14-34-27(23-44)22-41-38(43-34)42-29-18-25-6-4-5-7-26(25)19-29/h4-7,22,24,28-33,35,37,45-46H,8-21,23H2,1-3H3,(H,41,42,43)/t24-,28+,30-,31-,32+,33+,35+,37+,39+,40-/m1/s1. The molecule has 2 aromatic rings. The zero-order valence-corrected chi connectivity index (χ0v) is 28.8. The quantitative estimate of drug-likeness (QED) is 0.341. The van der Waals surface area contributed by atoms with E-state index in [1.807, 2.05) is 11.1 Å². The van der Waals surface area contributed by atoms with Gasteiger partial charge in [0, 0.05) is 43.7 Å². The molecule has 4 fully saturated rings. The van der Waals surface area contributed by atoms with Crippen LogP contribution >= 0.6 is 0 Å². The van der Waals surface area contributed by atoms with E-state index in [0.29, 0.717) is 60.5 Å². The van der Waals surface area contributed by atoms with Crippen LogP contribution in [0.4, 0.5) is 5.95 Å². The number of fused-ring (bicyclic) bond motifs is 7. The third kappa shape index (κ3) is 5.52. The minimum absolute atomic E-state index is 0.186. The lowest BCUT2D eigenvalue weighted by Gasteiger charge is -2.62. The molecule has 0 saturated heterocycles. The molecule has 1 aromatic heterocycles. The van der Waals surface area contributed by atoms with Gasteiger partial charge in [0.05, 0.1) is 17.9 Å². The molecule has 8 rings (SSSR count). The molecule has 3 N–H and O–H groups in total. The smallest absolute Gasteiger partial charge is 0.223 e. The van der Waals surface area contributed by atoms with E-state index in [0.717, 1.165) is 69.2 Å². The minimum atomic E-state index is -0.235. The van der Waals surface area contributed by atoms with Gasteiger partial charge in [-0.3, -0.25) is 4.79 Å². The Morgan fingerprint density at radius 2 is 1.74 bits per heavy atom. The zero-order chi connectivity index (χ0) is 32.5. The van der Waals surface area contributed by atoms with Gasteiger partial charge in [-0.15, -0.1) is 0 Å². The van der Waals surface area contributed by atoms with E-state index in [-0.39, 0.29) is 28.9 Å². The van der Waals surface area contributed by atoms with E-state index in [9.17, 15) is 15.0 Å². The molecule has 254 valence electrons. The average molecular weight is 641 g/mol. The van der Waals surface area contributed by atoms with Crippen molar-refractivity contribution in [1.82, 2.24) is 14.9 Å². The highest BCUT2D eigenvalue weighted by atomic mass is 16.3. The van der Waals surface area contributed by atoms with E-state index in [1.54, 1.807) is 0 Å². The topological polar surface area (TPSA) is 98.6 Å². The Morgan fingerprint density at radius 3 is 2.53 bits per heavy atom. The first-order chi connectivity index (χ1) is 22.6. The first kappa shape index (κ1) is 31.7. The molecule has 7 heteroatoms. The summed E-state index contributed by atoms with van der Waals surface area (Å²) in [7, 11) is 0. The third-order valence-corrected chi connectivity index (χ3v) is 14.9. The third-order valence-electron chi connectivity index (χ3n) is 14.9. The Balaban J connectivity index is 0.859. The maximum absolute atomic E-state index is 13.5. The molecule has 1 amide bonds. The molecule has 6 aliphatic rings. The van der Waals surface area contributed by atoms with Crippen LogP contribution in [0.25, 0.3) is 0 Å². The summed E-state index contributed by atoms with van der Waals surface area (Å²) in [6.07, 6.45) is 14.5. The van der Waals surface area contributed by atoms with Gasteiger partial charge < -0.3 is 20.4 Å². The van der Waals surface area contributed by atoms with Crippen LogP contribution in [-0.2, 0) is 30.6 Å². The van der Waals surface area contributed by atoms with Crippen LogP contribution < -0.4 is 5.32 Å². The van der Waals surface area contributed by atoms with Crippen LogP contribution in [-0.4, -0.2) is 55.8 Å². The van der Waals surface area contributed by atoms with Gasteiger partial charge in [0.2, 0.25) is 11.9 Å². The summed E-state index contributed by atoms with van der Waals surface area (Å²) in [5, 5.41) is 25.6. The summed E-state index contributed by atoms with van der Waals surface area (Å²) < 4.78 is 0. The van der Waals surface area contributed by atoms with Gasteiger partial charge in [0.1, 0.15) is 0 Å². The molecule has 0 radical (unpaired) electrons. The average Bonchev–Trinajstić information content (AvgIpc) is 3.64. The molecule has 47 heavy (non-hydrogen) atoms. The van der Waals surface area contributed by atoms with Crippen molar-refractivity contribution in [3.8, 4) is 0 Å². The Hall–Kier alpha value is -2.51. The molecule has 7 nitrogen and oxygen atoms in total. The van der Waals surface area contributed by atoms with Gasteiger partial charge in [-0.1, -0.05) is 45.0 Å². The van der Waals surface area contributed by atoms with Crippen LogP contribution in [0.5, 0.6) is 0 Å². The minimum Gasteiger partial charge on any atom is -0.393 e. The van der Waals surface area contributed by atoms with Crippen molar-refractivity contribution >= 4 is 11.9 Å². The molecule has 4 saturated carbocycles. The van der Waals surface area contributed by atoms with Gasteiger partial charge in [-0.2, -0.15) is 0 Å². The highest BCUT2D eigenvalue weighted by molar-refractivity contribution is 5.76. The second-order valence-corrected chi connectivity index (χ2v) is 17.2. The van der Waals surface area contributed by atoms with Gasteiger partial charge in [-0.05, 0) is 128 Å². The summed E-state index contributed by atoms with van der Waals surface area (Å²) in [5.74, 6) is 4.08. The molecule has 0 bridgehead atoms. The molecule has 10 atom stereocenters. The van der Waals surface area contributed by atoms with E-state index in [1.165, 1.54) is 36.8 Å². The number of hydrogen-bond acceptors (Lipinski definition) is 6. The van der Waals surface area contributed by atoms with Crippen LogP contribution in [0.1, 0.15) is 107 Å². The van der Waals surface area contributed by atoms with E-state index in [2.05, 4.69) is 55.3 Å². The number of aliphatic hydroxyl groups is 2. The number of anilines is 1. The van der Waals surface area contributed by atoms with Gasteiger partial charge >= 0.3 is 0 Å². The normalized spacial score (nSPS) is 38.5. The SMILES string of the molecule is C[C@H](CCC(=O)N1CCc2nc(NC3Cc4ccccc4C3)ncc2C1)[C@H]1CC[C@H]2[C@@H]3[C@@H](O)C[C@@H]4C[C@H](O)CC[C@]4(C)[C@H]3CC[C@]12C. The maximum atomic E-state index is 13.5. The Kier molecular flexibility index (Phi) is 8.18. The summed E-state index contributed by atoms with van der Waals surface area (Å²) in [4.78, 5) is 25.1. The van der Waals surface area contributed by atoms with Crippen LogP contribution in [0.2, 0.25) is 0 Å². The number of rotatable bonds is 6. The first-order valence-corrected chi connectivity index (χ1v) is 18.9. The number of carbonyl (C=O) groups is 1. The Bertz CT molecular complexity index is 1470. The number of carbonyl (C=O) groups excluding carboxylic acids is 1. The predicted octanol–water partition coefficient (Wildman–Crippen LogP) is 6.35. The number of nitrogens with one attached hydrogen (secondary N) is 1. The second-order valence-electron chi connectivity index (χ2n) is 17.2. The Labute approximate surface area is 281 Å². The van der Waals surface area contributed by atoms with Gasteiger partial charge in [0.25, 0.3) is 0 Å². The predicted molar refractivity (Wildman–Crippen MR) is 183 cm³/mol. The van der Waals surface area contributed by atoms with Crippen molar-refractivity contribution in [3.05, 3.63) is 52.8 Å². The van der Waals surface area contributed by atoms with Crippen LogP contribution in [0, 0.1) is 46.3 Å². The fraction of sp³-hybridized carbons (Fsp3) is 0.725. The number of amides is 1. The van der Waals surface area contributed by atoms with Crippen molar-refractivity contribution in [2.45, 2.75) is 129 Å². The first-order valence-electron chi connectivity index (χ1n) is 18.9. The molecule has 0 spiro atoms. The number of aliphatic hydroxyl groups excluding tert-OH is 2. The molecule has 2 heterocycles. The number of benzene rings is 1. The monoisotopic (exact) mass is 640 g/mol. The Morgan fingerprint density at radius 1 is 1.00 bits per heavy atom. The fourth-order valence-electron chi connectivity index (χ4n) is 12.3. The van der Waals surface area contributed by atoms with Gasteiger partial charge in [-0.25, -0.2) is 9.97 Å². The lowest BCUT2D eigenvalue weighted by molar-refractivity contribution is -0.174. The van der Waals surface area contributed by atoms with E-state index < -0.39 is 0 Å². The number of hydrogen-bond donors (Lipinski definition) is 3. The number of nitrogens with zero attached hydrogens (tertiary/aromatic N) is 3. The molecule has 1 aliphatic heterocycles. The van der Waals surface area contributed by atoms with E-state index >= 15 is 0 Å². The zero-order valence-electron chi connectivity index (χ0n) is 28.8. The second kappa shape index (κ2) is 12.1. The van der Waals surface area contributed by atoms with Crippen LogP contribution in [0.15, 0.2) is 30.5 Å². The molecule has 0 unspecified atom stereocenters. The summed E-state index contributed by atoms with van der Waals surface area (Å²) >= 11 is 0. The van der Waals surface area contributed by atoms with E-state index in [4.69, 9.17) is 4.98 Å². The summed E-state index contributed by atoms with van der Waals surface area (Å²) in [6.45, 7) is 8.76. The fourth-order valence-corrected chi connectivity index (χ4v) is 12.3. The molecule has 1 aromatic carbocycles. The summed E-state index contributed by atoms with van der Waals surface area (Å²) in [5.41, 5.74) is 5.49. The lowest BCUT2D eigenvalue weighted by atomic mass is 9.43. The van der Waals surface area contributed by atoms with Crippen molar-refractivity contribution in [3.63, 3.8) is 0 Å². The highest BCUT2D eigenvalue weighted by Crippen LogP contribution is 2.68. The van der Waals surface area contributed by atoms with Crippen molar-refractivity contribution < 1.29 is 15.0 Å². The molecule has 5 aliphatic carbocycles. The molecular formula is C40H56N4O3. The van der Waals surface area contributed by atoms with Gasteiger partial charge in [0.15, 0.2) is 0 Å². The lowest BCUT2D eigenvalue weighted by Crippen LogP contribution is -2.58. The largest absolute Gasteiger partial charge is 0.393 e.